The monoisotopic (exact) mass is 492 g/mol. The molecule has 0 radical (unpaired) electrons. The lowest BCUT2D eigenvalue weighted by Gasteiger charge is -2.55. The Morgan fingerprint density at radius 3 is 2.42 bits per heavy atom. The summed E-state index contributed by atoms with van der Waals surface area (Å²) >= 11 is 7.29. The Hall–Kier alpha value is -1.93. The zero-order valence-electron chi connectivity index (χ0n) is 18.9. The van der Waals surface area contributed by atoms with E-state index in [1.54, 1.807) is 32.2 Å². The van der Waals surface area contributed by atoms with E-state index in [2.05, 4.69) is 5.32 Å². The molecule has 1 atom stereocenters. The number of rotatable bonds is 6. The number of hydrogen-bond donors (Lipinski definition) is 1. The lowest BCUT2D eigenvalue weighted by molar-refractivity contribution is -0.139. The molecular weight excluding hydrogens is 464 g/mol. The van der Waals surface area contributed by atoms with Gasteiger partial charge in [0.25, 0.3) is 5.91 Å². The average molecular weight is 493 g/mol. The quantitative estimate of drug-likeness (QED) is 0.466. The van der Waals surface area contributed by atoms with Crippen LogP contribution in [0.5, 0.6) is 0 Å². The zero-order valence-corrected chi connectivity index (χ0v) is 20.5. The zero-order chi connectivity index (χ0) is 23.4. The molecule has 1 heterocycles. The summed E-state index contributed by atoms with van der Waals surface area (Å²) in [6, 6.07) is 5.11. The number of esters is 1. The van der Waals surface area contributed by atoms with E-state index in [9.17, 15) is 14.4 Å². The van der Waals surface area contributed by atoms with Crippen molar-refractivity contribution in [1.82, 2.24) is 5.32 Å². The summed E-state index contributed by atoms with van der Waals surface area (Å²) in [6.45, 7) is 1.97. The van der Waals surface area contributed by atoms with Crippen LogP contribution in [-0.2, 0) is 23.9 Å². The minimum absolute atomic E-state index is 0.100. The lowest BCUT2D eigenvalue weighted by atomic mass is 9.54. The summed E-state index contributed by atoms with van der Waals surface area (Å²) in [6.07, 6.45) is 5.77. The lowest BCUT2D eigenvalue weighted by Crippen LogP contribution is -2.56. The fourth-order valence-corrected chi connectivity index (χ4v) is 8.06. The van der Waals surface area contributed by atoms with E-state index in [1.807, 2.05) is 0 Å². The molecule has 0 spiro atoms. The molecule has 2 amide bonds. The first-order chi connectivity index (χ1) is 15.7. The number of hydrogen-bond acceptors (Lipinski definition) is 6. The van der Waals surface area contributed by atoms with Crippen molar-refractivity contribution in [2.45, 2.75) is 55.9 Å². The minimum atomic E-state index is -1.51. The maximum absolute atomic E-state index is 13.5. The van der Waals surface area contributed by atoms with Crippen LogP contribution in [0, 0.1) is 17.8 Å². The van der Waals surface area contributed by atoms with Crippen molar-refractivity contribution in [2.75, 3.05) is 24.3 Å². The molecule has 0 unspecified atom stereocenters. The highest BCUT2D eigenvalue weighted by atomic mass is 35.5. The van der Waals surface area contributed by atoms with Crippen molar-refractivity contribution in [1.29, 1.82) is 0 Å². The van der Waals surface area contributed by atoms with Crippen molar-refractivity contribution in [3.63, 3.8) is 0 Å². The van der Waals surface area contributed by atoms with Gasteiger partial charge in [-0.05, 0) is 81.4 Å². The van der Waals surface area contributed by atoms with Gasteiger partial charge in [-0.1, -0.05) is 11.6 Å². The summed E-state index contributed by atoms with van der Waals surface area (Å²) in [5.41, 5.74) is 0.728. The molecule has 4 saturated carbocycles. The minimum Gasteiger partial charge on any atom is -0.465 e. The normalized spacial score (nSPS) is 33.7. The number of fused-ring (bicyclic) bond motifs is 1. The number of nitrogens with one attached hydrogen (secondary N) is 1. The molecule has 6 rings (SSSR count). The van der Waals surface area contributed by atoms with Gasteiger partial charge >= 0.3 is 12.1 Å². The van der Waals surface area contributed by atoms with Crippen molar-refractivity contribution in [3.05, 3.63) is 28.8 Å². The molecule has 9 heteroatoms. The van der Waals surface area contributed by atoms with Crippen LogP contribution in [0.3, 0.4) is 0 Å². The highest BCUT2D eigenvalue weighted by molar-refractivity contribution is 8.01. The molecule has 1 aromatic carbocycles. The fraction of sp³-hybridized carbons (Fsp3) is 0.625. The van der Waals surface area contributed by atoms with E-state index >= 15 is 0 Å². The van der Waals surface area contributed by atoms with Crippen molar-refractivity contribution in [2.24, 2.45) is 17.8 Å². The van der Waals surface area contributed by atoms with E-state index < -0.39 is 22.5 Å². The number of carbonyl (C=O) groups excluding carboxylic acids is 3. The van der Waals surface area contributed by atoms with Crippen LogP contribution in [0.2, 0.25) is 5.02 Å². The Kier molecular flexibility index (Phi) is 5.80. The molecule has 7 nitrogen and oxygen atoms in total. The number of likely N-dealkylation sites (N-methyl/N-ethyl adjacent to an activating group) is 1. The van der Waals surface area contributed by atoms with Crippen LogP contribution in [0.4, 0.5) is 10.5 Å². The molecule has 5 aliphatic rings. The second-order valence-corrected chi connectivity index (χ2v) is 11.5. The Morgan fingerprint density at radius 1 is 1.18 bits per heavy atom. The maximum Gasteiger partial charge on any atom is 0.409 e. The van der Waals surface area contributed by atoms with E-state index in [4.69, 9.17) is 21.1 Å². The van der Waals surface area contributed by atoms with Gasteiger partial charge in [-0.15, -0.1) is 11.8 Å². The van der Waals surface area contributed by atoms with E-state index in [0.29, 0.717) is 34.0 Å². The number of benzene rings is 1. The number of amides is 2. The van der Waals surface area contributed by atoms with Gasteiger partial charge in [-0.2, -0.15) is 0 Å². The van der Waals surface area contributed by atoms with Crippen molar-refractivity contribution in [3.8, 4) is 0 Å². The largest absolute Gasteiger partial charge is 0.465 e. The fourth-order valence-electron chi connectivity index (χ4n) is 6.73. The first-order valence-corrected chi connectivity index (χ1v) is 13.0. The molecule has 1 aromatic rings. The van der Waals surface area contributed by atoms with Gasteiger partial charge in [0.05, 0.1) is 18.0 Å². The second kappa shape index (κ2) is 8.38. The molecule has 0 aromatic heterocycles. The van der Waals surface area contributed by atoms with Crippen LogP contribution in [0.15, 0.2) is 18.2 Å². The highest BCUT2D eigenvalue weighted by Gasteiger charge is 2.56. The van der Waals surface area contributed by atoms with Gasteiger partial charge in [0, 0.05) is 17.6 Å². The predicted molar refractivity (Wildman–Crippen MR) is 126 cm³/mol. The van der Waals surface area contributed by atoms with Crippen LogP contribution < -0.4 is 10.2 Å². The van der Waals surface area contributed by atoms with Gasteiger partial charge in [0.1, 0.15) is 5.60 Å². The molecule has 4 aliphatic carbocycles. The molecule has 33 heavy (non-hydrogen) atoms. The third-order valence-electron chi connectivity index (χ3n) is 7.59. The van der Waals surface area contributed by atoms with Crippen LogP contribution in [0.1, 0.15) is 51.0 Å². The van der Waals surface area contributed by atoms with Crippen molar-refractivity contribution < 1.29 is 23.9 Å². The molecule has 0 saturated heterocycles. The second-order valence-electron chi connectivity index (χ2n) is 9.92. The number of nitrogens with zero attached hydrogens (tertiary/aromatic N) is 1. The third-order valence-corrected chi connectivity index (χ3v) is 9.13. The molecule has 1 aliphatic heterocycles. The predicted octanol–water partition coefficient (Wildman–Crippen LogP) is 4.46. The van der Waals surface area contributed by atoms with Crippen LogP contribution in [-0.4, -0.2) is 43.0 Å². The number of alkyl carbamates (subject to hydrolysis) is 1. The third kappa shape index (κ3) is 3.99. The van der Waals surface area contributed by atoms with Crippen LogP contribution in [0.25, 0.3) is 0 Å². The molecule has 1 N–H and O–H groups in total. The molecule has 178 valence electrons. The number of anilines is 1. The Balaban J connectivity index is 1.42. The first kappa shape index (κ1) is 22.8. The van der Waals surface area contributed by atoms with Gasteiger partial charge in [-0.3, -0.25) is 14.9 Å². The van der Waals surface area contributed by atoms with Gasteiger partial charge in [0.2, 0.25) is 0 Å². The van der Waals surface area contributed by atoms with E-state index in [-0.39, 0.29) is 18.3 Å². The first-order valence-electron chi connectivity index (χ1n) is 11.6. The summed E-state index contributed by atoms with van der Waals surface area (Å²) in [5.74, 6) is 0.956. The van der Waals surface area contributed by atoms with Gasteiger partial charge in [0.15, 0.2) is 4.87 Å². The van der Waals surface area contributed by atoms with E-state index in [0.717, 1.165) is 31.0 Å². The smallest absolute Gasteiger partial charge is 0.409 e. The van der Waals surface area contributed by atoms with E-state index in [1.165, 1.54) is 24.2 Å². The Labute approximate surface area is 202 Å². The van der Waals surface area contributed by atoms with Gasteiger partial charge < -0.3 is 14.4 Å². The molecular formula is C24H29ClN2O5S. The van der Waals surface area contributed by atoms with Crippen molar-refractivity contribution >= 4 is 47.0 Å². The molecule has 4 bridgehead atoms. The van der Waals surface area contributed by atoms with Crippen LogP contribution >= 0.6 is 23.4 Å². The average Bonchev–Trinajstić information content (AvgIpc) is 2.93. The SMILES string of the molecule is CCOC(=O)CS[C@@]1(NC(=O)OC23CC4CC(CC(C4)C2)C3)C(=O)N(C)c2ccc(Cl)cc21. The summed E-state index contributed by atoms with van der Waals surface area (Å²) in [7, 11) is 1.65. The summed E-state index contributed by atoms with van der Waals surface area (Å²) in [5, 5.41) is 3.31. The Morgan fingerprint density at radius 2 is 1.82 bits per heavy atom. The number of carbonyl (C=O) groups is 3. The standard InChI is InChI=1S/C24H29ClN2O5S/c1-3-31-20(28)13-33-24(18-9-17(25)4-5-19(18)27(2)21(24)29)26-22(30)32-23-10-14-6-15(11-23)8-16(7-14)12-23/h4-5,9,14-16H,3,6-8,10-13H2,1-2H3,(H,26,30)/t14?,15?,16?,23?,24-/m1/s1. The maximum atomic E-state index is 13.5. The van der Waals surface area contributed by atoms with Gasteiger partial charge in [-0.25, -0.2) is 4.79 Å². The summed E-state index contributed by atoms with van der Waals surface area (Å²) in [4.78, 5) is 39.0. The number of halogens is 1. The summed E-state index contributed by atoms with van der Waals surface area (Å²) < 4.78 is 11.2. The highest BCUT2D eigenvalue weighted by Crippen LogP contribution is 2.57. The number of thioether (sulfide) groups is 1. The number of ether oxygens (including phenoxy) is 2. The molecule has 4 fully saturated rings. The Bertz CT molecular complexity index is 966. The topological polar surface area (TPSA) is 84.9 Å².